The zero-order valence-electron chi connectivity index (χ0n) is 10.2. The molecule has 0 aromatic rings. The maximum atomic E-state index is 12.1. The highest BCUT2D eigenvalue weighted by Gasteiger charge is 2.46. The number of carbonyl (C=O) groups is 1. The van der Waals surface area contributed by atoms with E-state index in [2.05, 4.69) is 6.07 Å². The number of hydrogen-bond donors (Lipinski definition) is 0. The summed E-state index contributed by atoms with van der Waals surface area (Å²) >= 11 is 0. The van der Waals surface area contributed by atoms with E-state index in [-0.39, 0.29) is 6.03 Å². The molecule has 2 aliphatic rings. The Morgan fingerprint density at radius 1 is 1.44 bits per heavy atom. The van der Waals surface area contributed by atoms with Crippen molar-refractivity contribution in [2.75, 3.05) is 13.6 Å². The van der Waals surface area contributed by atoms with Crippen LogP contribution in [0.4, 0.5) is 4.79 Å². The van der Waals surface area contributed by atoms with Gasteiger partial charge in [-0.3, -0.25) is 0 Å². The number of amides is 2. The standard InChI is InChI=1S/C12H19N3O/c1-12(2,8-13)15-7-10(9-5-4-6-9)14(3)11(15)16/h9-10H,4-7H2,1-3H3. The molecule has 1 aliphatic carbocycles. The van der Waals surface area contributed by atoms with E-state index < -0.39 is 5.54 Å². The Kier molecular flexibility index (Phi) is 2.57. The highest BCUT2D eigenvalue weighted by atomic mass is 16.2. The first-order valence-electron chi connectivity index (χ1n) is 5.93. The molecule has 4 heteroatoms. The van der Waals surface area contributed by atoms with Gasteiger partial charge in [0.2, 0.25) is 0 Å². The van der Waals surface area contributed by atoms with E-state index in [0.29, 0.717) is 18.5 Å². The van der Waals surface area contributed by atoms with Crippen molar-refractivity contribution in [3.8, 4) is 6.07 Å². The van der Waals surface area contributed by atoms with E-state index in [4.69, 9.17) is 5.26 Å². The van der Waals surface area contributed by atoms with Crippen LogP contribution in [0.1, 0.15) is 33.1 Å². The first-order valence-corrected chi connectivity index (χ1v) is 5.93. The van der Waals surface area contributed by atoms with E-state index in [1.165, 1.54) is 19.3 Å². The first kappa shape index (κ1) is 11.3. The SMILES string of the molecule is CN1C(=O)N(C(C)(C)C#N)CC1C1CCC1. The topological polar surface area (TPSA) is 47.3 Å². The molecule has 0 bridgehead atoms. The number of likely N-dealkylation sites (N-methyl/N-ethyl adjacent to an activating group) is 1. The quantitative estimate of drug-likeness (QED) is 0.714. The highest BCUT2D eigenvalue weighted by molar-refractivity contribution is 5.78. The Balaban J connectivity index is 2.14. The second-order valence-electron chi connectivity index (χ2n) is 5.43. The van der Waals surface area contributed by atoms with Gasteiger partial charge in [-0.1, -0.05) is 6.42 Å². The third-order valence-corrected chi connectivity index (χ3v) is 4.04. The van der Waals surface area contributed by atoms with Crippen LogP contribution >= 0.6 is 0 Å². The van der Waals surface area contributed by atoms with Gasteiger partial charge in [0.05, 0.1) is 12.1 Å². The summed E-state index contributed by atoms with van der Waals surface area (Å²) in [7, 11) is 1.86. The Bertz CT molecular complexity index is 341. The number of nitrogens with zero attached hydrogens (tertiary/aromatic N) is 3. The molecule has 2 fully saturated rings. The van der Waals surface area contributed by atoms with E-state index in [9.17, 15) is 4.79 Å². The fourth-order valence-electron chi connectivity index (χ4n) is 2.54. The number of hydrogen-bond acceptors (Lipinski definition) is 2. The lowest BCUT2D eigenvalue weighted by molar-refractivity contribution is 0.162. The molecule has 0 N–H and O–H groups in total. The largest absolute Gasteiger partial charge is 0.323 e. The lowest BCUT2D eigenvalue weighted by Crippen LogP contribution is -2.44. The van der Waals surface area contributed by atoms with Crippen LogP contribution in [0.15, 0.2) is 0 Å². The predicted molar refractivity (Wildman–Crippen MR) is 60.7 cm³/mol. The molecule has 1 saturated carbocycles. The number of urea groups is 1. The predicted octanol–water partition coefficient (Wildman–Crippen LogP) is 1.82. The van der Waals surface area contributed by atoms with Gasteiger partial charge in [-0.15, -0.1) is 0 Å². The second-order valence-corrected chi connectivity index (χ2v) is 5.43. The molecule has 2 amide bonds. The summed E-state index contributed by atoms with van der Waals surface area (Å²) in [5.41, 5.74) is -0.691. The van der Waals surface area contributed by atoms with Crippen molar-refractivity contribution in [3.63, 3.8) is 0 Å². The zero-order chi connectivity index (χ0) is 11.9. The van der Waals surface area contributed by atoms with Crippen molar-refractivity contribution in [2.24, 2.45) is 5.92 Å². The number of rotatable bonds is 2. The molecule has 88 valence electrons. The van der Waals surface area contributed by atoms with Crippen molar-refractivity contribution < 1.29 is 4.79 Å². The molecule has 2 rings (SSSR count). The lowest BCUT2D eigenvalue weighted by atomic mass is 9.79. The van der Waals surface area contributed by atoms with Crippen LogP contribution in [0.3, 0.4) is 0 Å². The summed E-state index contributed by atoms with van der Waals surface area (Å²) < 4.78 is 0. The monoisotopic (exact) mass is 221 g/mol. The summed E-state index contributed by atoms with van der Waals surface area (Å²) in [6, 6.07) is 2.53. The third-order valence-electron chi connectivity index (χ3n) is 4.04. The highest BCUT2D eigenvalue weighted by Crippen LogP contribution is 2.36. The zero-order valence-corrected chi connectivity index (χ0v) is 10.2. The summed E-state index contributed by atoms with van der Waals surface area (Å²) in [6.45, 7) is 4.32. The molecule has 1 aliphatic heterocycles. The van der Waals surface area contributed by atoms with Gasteiger partial charge < -0.3 is 9.80 Å². The Morgan fingerprint density at radius 2 is 2.06 bits per heavy atom. The molecular weight excluding hydrogens is 202 g/mol. The fraction of sp³-hybridized carbons (Fsp3) is 0.833. The van der Waals surface area contributed by atoms with Crippen LogP contribution in [-0.4, -0.2) is 41.0 Å². The van der Waals surface area contributed by atoms with Crippen molar-refractivity contribution in [1.29, 1.82) is 5.26 Å². The molecule has 1 heterocycles. The number of carbonyl (C=O) groups excluding carboxylic acids is 1. The smallest absolute Gasteiger partial charge is 0.321 e. The molecule has 0 spiro atoms. The fourth-order valence-corrected chi connectivity index (χ4v) is 2.54. The summed E-state index contributed by atoms with van der Waals surface area (Å²) in [4.78, 5) is 15.6. The Hall–Kier alpha value is -1.24. The van der Waals surface area contributed by atoms with Gasteiger partial charge in [-0.2, -0.15) is 5.26 Å². The van der Waals surface area contributed by atoms with Crippen LogP contribution < -0.4 is 0 Å². The molecule has 1 atom stereocenters. The van der Waals surface area contributed by atoms with Gasteiger partial charge in [0.25, 0.3) is 0 Å². The Morgan fingerprint density at radius 3 is 2.50 bits per heavy atom. The molecular formula is C12H19N3O. The van der Waals surface area contributed by atoms with Crippen LogP contribution in [0.5, 0.6) is 0 Å². The molecule has 4 nitrogen and oxygen atoms in total. The van der Waals surface area contributed by atoms with Crippen LogP contribution in [0.2, 0.25) is 0 Å². The maximum absolute atomic E-state index is 12.1. The van der Waals surface area contributed by atoms with E-state index in [1.54, 1.807) is 4.90 Å². The average Bonchev–Trinajstić information content (AvgIpc) is 2.44. The average molecular weight is 221 g/mol. The second kappa shape index (κ2) is 3.65. The molecule has 16 heavy (non-hydrogen) atoms. The van der Waals surface area contributed by atoms with Gasteiger partial charge in [-0.25, -0.2) is 4.79 Å². The molecule has 0 radical (unpaired) electrons. The van der Waals surface area contributed by atoms with Crippen molar-refractivity contribution >= 4 is 6.03 Å². The minimum absolute atomic E-state index is 0.00319. The van der Waals surface area contributed by atoms with E-state index >= 15 is 0 Å². The normalized spacial score (nSPS) is 26.9. The first-order chi connectivity index (χ1) is 7.47. The van der Waals surface area contributed by atoms with Gasteiger partial charge in [0.1, 0.15) is 5.54 Å². The molecule has 1 unspecified atom stereocenters. The molecule has 0 aromatic heterocycles. The van der Waals surface area contributed by atoms with Gasteiger partial charge in [0.15, 0.2) is 0 Å². The minimum atomic E-state index is -0.691. The van der Waals surface area contributed by atoms with Gasteiger partial charge >= 0.3 is 6.03 Å². The Labute approximate surface area is 96.8 Å². The van der Waals surface area contributed by atoms with Crippen LogP contribution in [0.25, 0.3) is 0 Å². The number of nitriles is 1. The van der Waals surface area contributed by atoms with Crippen molar-refractivity contribution in [3.05, 3.63) is 0 Å². The van der Waals surface area contributed by atoms with Crippen LogP contribution in [-0.2, 0) is 0 Å². The van der Waals surface area contributed by atoms with Crippen molar-refractivity contribution in [2.45, 2.75) is 44.7 Å². The molecule has 1 saturated heterocycles. The lowest BCUT2D eigenvalue weighted by Gasteiger charge is -2.34. The van der Waals surface area contributed by atoms with Gasteiger partial charge in [-0.05, 0) is 32.6 Å². The van der Waals surface area contributed by atoms with E-state index in [1.807, 2.05) is 25.8 Å². The summed E-state index contributed by atoms with van der Waals surface area (Å²) in [5, 5.41) is 9.09. The maximum Gasteiger partial charge on any atom is 0.321 e. The molecule has 0 aromatic carbocycles. The summed E-state index contributed by atoms with van der Waals surface area (Å²) in [5.74, 6) is 0.647. The van der Waals surface area contributed by atoms with E-state index in [0.717, 1.165) is 0 Å². The van der Waals surface area contributed by atoms with Crippen LogP contribution in [0, 0.1) is 17.2 Å². The van der Waals surface area contributed by atoms with Gasteiger partial charge in [0, 0.05) is 13.6 Å². The summed E-state index contributed by atoms with van der Waals surface area (Å²) in [6.07, 6.45) is 3.73. The third kappa shape index (κ3) is 1.55. The minimum Gasteiger partial charge on any atom is -0.323 e. The van der Waals surface area contributed by atoms with Crippen molar-refractivity contribution in [1.82, 2.24) is 9.80 Å².